The SMILES string of the molecule is CCCOC(=O)c1ccc(Oc2coc3cc(OC)ccc3c2=O)cc1. The summed E-state index contributed by atoms with van der Waals surface area (Å²) in [4.78, 5) is 24.3. The van der Waals surface area contributed by atoms with E-state index in [1.165, 1.54) is 6.26 Å². The Hall–Kier alpha value is -3.28. The van der Waals surface area contributed by atoms with Crippen molar-refractivity contribution in [2.45, 2.75) is 13.3 Å². The van der Waals surface area contributed by atoms with Crippen LogP contribution in [0.3, 0.4) is 0 Å². The summed E-state index contributed by atoms with van der Waals surface area (Å²) >= 11 is 0. The molecule has 26 heavy (non-hydrogen) atoms. The van der Waals surface area contributed by atoms with Crippen LogP contribution in [-0.2, 0) is 4.74 Å². The Morgan fingerprint density at radius 3 is 2.50 bits per heavy atom. The lowest BCUT2D eigenvalue weighted by Crippen LogP contribution is -2.06. The minimum Gasteiger partial charge on any atom is -0.497 e. The van der Waals surface area contributed by atoms with Gasteiger partial charge in [-0.25, -0.2) is 4.79 Å². The zero-order valence-electron chi connectivity index (χ0n) is 14.5. The third-order valence-electron chi connectivity index (χ3n) is 3.71. The van der Waals surface area contributed by atoms with E-state index in [4.69, 9.17) is 18.6 Å². The van der Waals surface area contributed by atoms with Gasteiger partial charge < -0.3 is 18.6 Å². The van der Waals surface area contributed by atoms with E-state index in [0.717, 1.165) is 6.42 Å². The van der Waals surface area contributed by atoms with Crippen LogP contribution in [-0.4, -0.2) is 19.7 Å². The van der Waals surface area contributed by atoms with Gasteiger partial charge in [0.15, 0.2) is 0 Å². The van der Waals surface area contributed by atoms with Crippen LogP contribution in [0.4, 0.5) is 0 Å². The molecule has 1 heterocycles. The van der Waals surface area contributed by atoms with Gasteiger partial charge in [0.2, 0.25) is 11.2 Å². The summed E-state index contributed by atoms with van der Waals surface area (Å²) in [5, 5.41) is 0.392. The third-order valence-corrected chi connectivity index (χ3v) is 3.71. The fourth-order valence-electron chi connectivity index (χ4n) is 2.35. The van der Waals surface area contributed by atoms with E-state index in [1.54, 1.807) is 49.6 Å². The largest absolute Gasteiger partial charge is 0.497 e. The second kappa shape index (κ2) is 7.74. The first-order valence-corrected chi connectivity index (χ1v) is 8.17. The fourth-order valence-corrected chi connectivity index (χ4v) is 2.35. The van der Waals surface area contributed by atoms with Gasteiger partial charge in [-0.15, -0.1) is 0 Å². The highest BCUT2D eigenvalue weighted by atomic mass is 16.5. The van der Waals surface area contributed by atoms with Gasteiger partial charge in [0.25, 0.3) is 0 Å². The van der Waals surface area contributed by atoms with Gasteiger partial charge >= 0.3 is 5.97 Å². The molecule has 2 aromatic carbocycles. The first-order valence-electron chi connectivity index (χ1n) is 8.17. The van der Waals surface area contributed by atoms with Crippen molar-refractivity contribution in [3.63, 3.8) is 0 Å². The highest BCUT2D eigenvalue weighted by Crippen LogP contribution is 2.24. The van der Waals surface area contributed by atoms with E-state index >= 15 is 0 Å². The zero-order chi connectivity index (χ0) is 18.5. The molecule has 0 aliphatic carbocycles. The number of hydrogen-bond acceptors (Lipinski definition) is 6. The summed E-state index contributed by atoms with van der Waals surface area (Å²) in [5.41, 5.74) is 0.541. The van der Waals surface area contributed by atoms with Gasteiger partial charge in [0.05, 0.1) is 24.7 Å². The molecule has 3 rings (SSSR count). The monoisotopic (exact) mass is 354 g/mol. The predicted octanol–water partition coefficient (Wildman–Crippen LogP) is 4.16. The van der Waals surface area contributed by atoms with Crippen molar-refractivity contribution in [1.29, 1.82) is 0 Å². The highest BCUT2D eigenvalue weighted by Gasteiger charge is 2.11. The molecule has 0 fully saturated rings. The third kappa shape index (κ3) is 3.69. The van der Waals surface area contributed by atoms with E-state index in [-0.39, 0.29) is 11.2 Å². The van der Waals surface area contributed by atoms with E-state index in [2.05, 4.69) is 0 Å². The lowest BCUT2D eigenvalue weighted by atomic mass is 10.2. The van der Waals surface area contributed by atoms with Crippen LogP contribution < -0.4 is 14.9 Å². The summed E-state index contributed by atoms with van der Waals surface area (Å²) < 4.78 is 21.2. The van der Waals surface area contributed by atoms with Crippen molar-refractivity contribution in [2.75, 3.05) is 13.7 Å². The predicted molar refractivity (Wildman–Crippen MR) is 96.1 cm³/mol. The van der Waals surface area contributed by atoms with Crippen molar-refractivity contribution >= 4 is 16.9 Å². The molecule has 0 unspecified atom stereocenters. The molecule has 1 aromatic heterocycles. The molecular formula is C20H18O6. The molecule has 0 amide bonds. The summed E-state index contributed by atoms with van der Waals surface area (Å²) in [5.74, 6) is 0.679. The van der Waals surface area contributed by atoms with Crippen molar-refractivity contribution < 1.29 is 23.4 Å². The smallest absolute Gasteiger partial charge is 0.338 e. The Labute approximate surface area is 149 Å². The number of ether oxygens (including phenoxy) is 3. The number of benzene rings is 2. The average molecular weight is 354 g/mol. The first kappa shape index (κ1) is 17.5. The van der Waals surface area contributed by atoms with Crippen molar-refractivity contribution in [2.24, 2.45) is 0 Å². The number of esters is 1. The summed E-state index contributed by atoms with van der Waals surface area (Å²) in [7, 11) is 1.54. The molecule has 0 atom stereocenters. The Bertz CT molecular complexity index is 972. The number of carbonyl (C=O) groups is 1. The quantitative estimate of drug-likeness (QED) is 0.619. The molecule has 0 spiro atoms. The maximum Gasteiger partial charge on any atom is 0.338 e. The lowest BCUT2D eigenvalue weighted by Gasteiger charge is -2.07. The van der Waals surface area contributed by atoms with Crippen molar-refractivity contribution in [3.05, 3.63) is 64.5 Å². The van der Waals surface area contributed by atoms with Gasteiger partial charge in [-0.3, -0.25) is 4.79 Å². The van der Waals surface area contributed by atoms with Crippen LogP contribution in [0.2, 0.25) is 0 Å². The molecule has 0 bridgehead atoms. The van der Waals surface area contributed by atoms with Gasteiger partial charge in [0.1, 0.15) is 23.3 Å². The molecule has 6 nitrogen and oxygen atoms in total. The molecule has 0 aliphatic rings. The zero-order valence-corrected chi connectivity index (χ0v) is 14.5. The summed E-state index contributed by atoms with van der Waals surface area (Å²) in [6.07, 6.45) is 2.02. The Kier molecular flexibility index (Phi) is 5.22. The van der Waals surface area contributed by atoms with Gasteiger partial charge in [0, 0.05) is 6.07 Å². The van der Waals surface area contributed by atoms with Crippen LogP contribution in [0, 0.1) is 0 Å². The number of carbonyl (C=O) groups excluding carboxylic acids is 1. The molecule has 0 aliphatic heterocycles. The highest BCUT2D eigenvalue weighted by molar-refractivity contribution is 5.89. The Morgan fingerprint density at radius 1 is 1.08 bits per heavy atom. The van der Waals surface area contributed by atoms with Crippen molar-refractivity contribution in [3.8, 4) is 17.2 Å². The standard InChI is InChI=1S/C20H18O6/c1-3-10-24-20(22)13-4-6-14(7-5-13)26-18-12-25-17-11-15(23-2)8-9-16(17)19(18)21/h4-9,11-12H,3,10H2,1-2H3. The van der Waals surface area contributed by atoms with Gasteiger partial charge in [-0.2, -0.15) is 0 Å². The summed E-state index contributed by atoms with van der Waals surface area (Å²) in [6, 6.07) is 11.3. The van der Waals surface area contributed by atoms with E-state index in [9.17, 15) is 9.59 Å². The number of rotatable bonds is 6. The molecule has 0 saturated carbocycles. The Balaban J connectivity index is 1.81. The normalized spacial score (nSPS) is 10.5. The second-order valence-electron chi connectivity index (χ2n) is 5.55. The van der Waals surface area contributed by atoms with Gasteiger partial charge in [-0.05, 0) is 42.8 Å². The maximum atomic E-state index is 12.5. The minimum absolute atomic E-state index is 0.0592. The van der Waals surface area contributed by atoms with E-state index in [0.29, 0.717) is 34.6 Å². The molecule has 0 N–H and O–H groups in total. The topological polar surface area (TPSA) is 75.0 Å². The summed E-state index contributed by atoms with van der Waals surface area (Å²) in [6.45, 7) is 2.30. The molecule has 0 radical (unpaired) electrons. The van der Waals surface area contributed by atoms with Gasteiger partial charge in [-0.1, -0.05) is 6.92 Å². The molecule has 134 valence electrons. The molecular weight excluding hydrogens is 336 g/mol. The molecule has 0 saturated heterocycles. The lowest BCUT2D eigenvalue weighted by molar-refractivity contribution is 0.0505. The number of hydrogen-bond donors (Lipinski definition) is 0. The van der Waals surface area contributed by atoms with E-state index < -0.39 is 5.97 Å². The minimum atomic E-state index is -0.391. The van der Waals surface area contributed by atoms with Crippen LogP contribution in [0.1, 0.15) is 23.7 Å². The molecule has 3 aromatic rings. The molecule has 6 heteroatoms. The van der Waals surface area contributed by atoms with E-state index in [1.807, 2.05) is 6.92 Å². The maximum absolute atomic E-state index is 12.5. The average Bonchev–Trinajstić information content (AvgIpc) is 2.68. The van der Waals surface area contributed by atoms with Crippen LogP contribution in [0.15, 0.2) is 57.9 Å². The van der Waals surface area contributed by atoms with Crippen LogP contribution in [0.5, 0.6) is 17.2 Å². The first-order chi connectivity index (χ1) is 12.6. The van der Waals surface area contributed by atoms with Crippen LogP contribution >= 0.6 is 0 Å². The number of methoxy groups -OCH3 is 1. The second-order valence-corrected chi connectivity index (χ2v) is 5.55. The van der Waals surface area contributed by atoms with Crippen molar-refractivity contribution in [1.82, 2.24) is 0 Å². The fraction of sp³-hybridized carbons (Fsp3) is 0.200. The number of fused-ring (bicyclic) bond motifs is 1. The van der Waals surface area contributed by atoms with Crippen LogP contribution in [0.25, 0.3) is 11.0 Å². The Morgan fingerprint density at radius 2 is 1.81 bits per heavy atom.